The minimum absolute atomic E-state index is 0.00365. The summed E-state index contributed by atoms with van der Waals surface area (Å²) in [5, 5.41) is 0.664. The van der Waals surface area contributed by atoms with Crippen molar-refractivity contribution in [3.05, 3.63) is 57.3 Å². The maximum absolute atomic E-state index is 13.2. The number of hydrogen-bond acceptors (Lipinski definition) is 6. The van der Waals surface area contributed by atoms with E-state index in [-0.39, 0.29) is 17.9 Å². The first kappa shape index (κ1) is 18.8. The van der Waals surface area contributed by atoms with E-state index in [1.807, 2.05) is 36.1 Å². The van der Waals surface area contributed by atoms with E-state index >= 15 is 0 Å². The van der Waals surface area contributed by atoms with E-state index < -0.39 is 0 Å². The van der Waals surface area contributed by atoms with Crippen molar-refractivity contribution in [1.29, 1.82) is 0 Å². The number of carbonyl (C=O) groups excluding carboxylic acids is 1. The van der Waals surface area contributed by atoms with Crippen LogP contribution in [0.25, 0.3) is 11.1 Å². The Morgan fingerprint density at radius 3 is 2.75 bits per heavy atom. The van der Waals surface area contributed by atoms with Crippen LogP contribution in [0.3, 0.4) is 0 Å². The van der Waals surface area contributed by atoms with E-state index in [1.165, 1.54) is 11.3 Å². The summed E-state index contributed by atoms with van der Waals surface area (Å²) in [6.45, 7) is 2.55. The number of amides is 1. The van der Waals surface area contributed by atoms with Gasteiger partial charge >= 0.3 is 0 Å². The minimum atomic E-state index is -0.154. The molecule has 1 fully saturated rings. The molecule has 0 aliphatic carbocycles. The molecule has 3 heterocycles. The van der Waals surface area contributed by atoms with Crippen molar-refractivity contribution in [2.24, 2.45) is 0 Å². The van der Waals surface area contributed by atoms with Crippen molar-refractivity contribution < 1.29 is 4.79 Å². The highest BCUT2D eigenvalue weighted by molar-refractivity contribution is 7.11. The molecule has 144 valence electrons. The molecule has 1 aliphatic heterocycles. The smallest absolute Gasteiger partial charge is 0.266 e. The maximum atomic E-state index is 13.2. The van der Waals surface area contributed by atoms with Gasteiger partial charge in [0.2, 0.25) is 5.95 Å². The van der Waals surface area contributed by atoms with Gasteiger partial charge in [0, 0.05) is 23.3 Å². The van der Waals surface area contributed by atoms with Gasteiger partial charge < -0.3 is 10.6 Å². The molecule has 4 rings (SSSR count). The van der Waals surface area contributed by atoms with E-state index in [0.717, 1.165) is 41.8 Å². The van der Waals surface area contributed by atoms with E-state index in [2.05, 4.69) is 15.0 Å². The number of thiazole rings is 1. The van der Waals surface area contributed by atoms with Crippen LogP contribution >= 0.6 is 22.9 Å². The van der Waals surface area contributed by atoms with Crippen LogP contribution in [-0.4, -0.2) is 32.3 Å². The number of nitrogens with two attached hydrogens (primary N) is 1. The van der Waals surface area contributed by atoms with E-state index in [1.54, 1.807) is 11.7 Å². The summed E-state index contributed by atoms with van der Waals surface area (Å²) >= 11 is 7.42. The molecule has 3 aromatic rings. The van der Waals surface area contributed by atoms with Gasteiger partial charge in [0.1, 0.15) is 4.88 Å². The molecule has 1 amide bonds. The lowest BCUT2D eigenvalue weighted by Crippen LogP contribution is -2.39. The first-order chi connectivity index (χ1) is 13.5. The van der Waals surface area contributed by atoms with Gasteiger partial charge in [-0.25, -0.2) is 15.0 Å². The lowest BCUT2D eigenvalue weighted by molar-refractivity contribution is 0.0611. The van der Waals surface area contributed by atoms with Crippen LogP contribution in [0.2, 0.25) is 5.02 Å². The molecule has 2 aromatic heterocycles. The van der Waals surface area contributed by atoms with Gasteiger partial charge in [-0.1, -0.05) is 23.7 Å². The number of likely N-dealkylation sites (tertiary alicyclic amines) is 1. The number of nitrogen functional groups attached to an aromatic ring is 1. The lowest BCUT2D eigenvalue weighted by Gasteiger charge is -2.36. The molecule has 1 atom stereocenters. The van der Waals surface area contributed by atoms with E-state index in [9.17, 15) is 4.79 Å². The van der Waals surface area contributed by atoms with Gasteiger partial charge in [0.05, 0.1) is 22.9 Å². The molecule has 0 bridgehead atoms. The summed E-state index contributed by atoms with van der Waals surface area (Å²) in [4.78, 5) is 28.8. The molecule has 0 spiro atoms. The van der Waals surface area contributed by atoms with Crippen LogP contribution in [0.4, 0.5) is 5.95 Å². The molecular weight excluding hydrogens is 394 g/mol. The van der Waals surface area contributed by atoms with Crippen LogP contribution < -0.4 is 5.73 Å². The summed E-state index contributed by atoms with van der Waals surface area (Å²) in [5.74, 6) is 0.212. The number of nitrogens with zero attached hydrogens (tertiary/aromatic N) is 4. The summed E-state index contributed by atoms with van der Waals surface area (Å²) < 4.78 is 0. The van der Waals surface area contributed by atoms with E-state index in [0.29, 0.717) is 16.4 Å². The fourth-order valence-corrected chi connectivity index (χ4v) is 4.50. The Bertz CT molecular complexity index is 1000. The van der Waals surface area contributed by atoms with Crippen molar-refractivity contribution in [3.63, 3.8) is 0 Å². The maximum Gasteiger partial charge on any atom is 0.266 e. The molecule has 2 N–H and O–H groups in total. The lowest BCUT2D eigenvalue weighted by atomic mass is 9.93. The fraction of sp³-hybridized carbons (Fsp3) is 0.300. The predicted molar refractivity (Wildman–Crippen MR) is 111 cm³/mol. The normalized spacial score (nSPS) is 16.9. The highest BCUT2D eigenvalue weighted by Crippen LogP contribution is 2.37. The second kappa shape index (κ2) is 7.85. The quantitative estimate of drug-likeness (QED) is 0.682. The molecule has 0 saturated carbocycles. The second-order valence-corrected chi connectivity index (χ2v) is 8.10. The second-order valence-electron chi connectivity index (χ2n) is 6.81. The first-order valence-corrected chi connectivity index (χ1v) is 10.4. The molecule has 28 heavy (non-hydrogen) atoms. The Morgan fingerprint density at radius 2 is 2.04 bits per heavy atom. The summed E-state index contributed by atoms with van der Waals surface area (Å²) in [7, 11) is 0. The number of aromatic nitrogens is 3. The first-order valence-electron chi connectivity index (χ1n) is 9.14. The molecule has 6 nitrogen and oxygen atoms in total. The van der Waals surface area contributed by atoms with Gasteiger partial charge in [-0.05, 0) is 43.9 Å². The number of carbonyl (C=O) groups is 1. The number of halogens is 1. The highest BCUT2D eigenvalue weighted by atomic mass is 35.5. The number of piperidine rings is 1. The van der Waals surface area contributed by atoms with Crippen molar-refractivity contribution in [2.45, 2.75) is 32.2 Å². The molecule has 1 aliphatic rings. The van der Waals surface area contributed by atoms with E-state index in [4.69, 9.17) is 17.3 Å². The summed E-state index contributed by atoms with van der Waals surface area (Å²) in [5.41, 5.74) is 11.0. The van der Waals surface area contributed by atoms with Crippen molar-refractivity contribution in [1.82, 2.24) is 19.9 Å². The zero-order valence-electron chi connectivity index (χ0n) is 15.4. The number of aryl methyl sites for hydroxylation is 1. The Morgan fingerprint density at radius 1 is 1.25 bits per heavy atom. The van der Waals surface area contributed by atoms with Crippen LogP contribution in [0.1, 0.15) is 46.4 Å². The topological polar surface area (TPSA) is 85.0 Å². The third-order valence-electron chi connectivity index (χ3n) is 5.01. The van der Waals surface area contributed by atoms with Crippen LogP contribution in [0.5, 0.6) is 0 Å². The number of rotatable bonds is 3. The minimum Gasteiger partial charge on any atom is -0.368 e. The molecule has 1 aromatic carbocycles. The van der Waals surface area contributed by atoms with Crippen LogP contribution in [0, 0.1) is 6.92 Å². The summed E-state index contributed by atoms with van der Waals surface area (Å²) in [6.07, 6.45) is 4.56. The molecular formula is C20H20ClN5OS. The highest BCUT2D eigenvalue weighted by Gasteiger charge is 2.33. The average molecular weight is 414 g/mol. The average Bonchev–Trinajstić information content (AvgIpc) is 3.14. The fourth-order valence-electron chi connectivity index (χ4n) is 3.61. The van der Waals surface area contributed by atoms with Crippen molar-refractivity contribution >= 4 is 34.8 Å². The SMILES string of the molecule is Cc1ncsc1C(=O)N1CCCC[C@H]1c1nc(N)ncc1-c1ccc(Cl)cc1. The Hall–Kier alpha value is -2.51. The molecule has 1 saturated heterocycles. The Kier molecular flexibility index (Phi) is 5.28. The number of benzene rings is 1. The zero-order valence-corrected chi connectivity index (χ0v) is 17.0. The van der Waals surface area contributed by atoms with Gasteiger partial charge in [-0.3, -0.25) is 4.79 Å². The number of hydrogen-bond donors (Lipinski definition) is 1. The van der Waals surface area contributed by atoms with Gasteiger partial charge in [0.15, 0.2) is 0 Å². The molecule has 0 radical (unpaired) electrons. The molecule has 8 heteroatoms. The van der Waals surface area contributed by atoms with Gasteiger partial charge in [-0.2, -0.15) is 0 Å². The molecule has 0 unspecified atom stereocenters. The van der Waals surface area contributed by atoms with Crippen molar-refractivity contribution in [2.75, 3.05) is 12.3 Å². The van der Waals surface area contributed by atoms with Gasteiger partial charge in [-0.15, -0.1) is 11.3 Å². The predicted octanol–water partition coefficient (Wildman–Crippen LogP) is 4.51. The van der Waals surface area contributed by atoms with Crippen LogP contribution in [-0.2, 0) is 0 Å². The number of anilines is 1. The largest absolute Gasteiger partial charge is 0.368 e. The third kappa shape index (κ3) is 3.59. The zero-order chi connectivity index (χ0) is 19.7. The standard InChI is InChI=1S/C20H20ClN5OS/c1-12-18(28-11-24-12)19(27)26-9-3-2-4-16(26)17-15(10-23-20(22)25-17)13-5-7-14(21)8-6-13/h5-8,10-11,16H,2-4,9H2,1H3,(H2,22,23,25)/t16-/m0/s1. The Balaban J connectivity index is 1.77. The Labute approximate surface area is 172 Å². The van der Waals surface area contributed by atoms with Crippen molar-refractivity contribution in [3.8, 4) is 11.1 Å². The van der Waals surface area contributed by atoms with Crippen LogP contribution in [0.15, 0.2) is 36.0 Å². The monoisotopic (exact) mass is 413 g/mol. The summed E-state index contributed by atoms with van der Waals surface area (Å²) in [6, 6.07) is 7.38. The third-order valence-corrected chi connectivity index (χ3v) is 6.18. The van der Waals surface area contributed by atoms with Gasteiger partial charge in [0.25, 0.3) is 5.91 Å².